The van der Waals surface area contributed by atoms with Crippen molar-refractivity contribution in [2.75, 3.05) is 50.7 Å². The summed E-state index contributed by atoms with van der Waals surface area (Å²) >= 11 is 0. The Morgan fingerprint density at radius 3 is 2.45 bits per heavy atom. The third-order valence-electron chi connectivity index (χ3n) is 7.54. The van der Waals surface area contributed by atoms with E-state index in [0.29, 0.717) is 11.7 Å². The van der Waals surface area contributed by atoms with Gasteiger partial charge in [-0.2, -0.15) is 13.2 Å². The molecule has 31 heavy (non-hydrogen) atoms. The fourth-order valence-electron chi connectivity index (χ4n) is 5.83. The lowest BCUT2D eigenvalue weighted by atomic mass is 9.93. The van der Waals surface area contributed by atoms with E-state index in [4.69, 9.17) is 0 Å². The van der Waals surface area contributed by atoms with Crippen molar-refractivity contribution in [1.82, 2.24) is 15.1 Å². The molecule has 1 N–H and O–H groups in total. The molecule has 2 atom stereocenters. The molecule has 174 valence electrons. The minimum Gasteiger partial charge on any atom is -0.369 e. The van der Waals surface area contributed by atoms with Crippen molar-refractivity contribution in [3.63, 3.8) is 0 Å². The molecule has 0 radical (unpaired) electrons. The third-order valence-corrected chi connectivity index (χ3v) is 7.54. The highest BCUT2D eigenvalue weighted by Gasteiger charge is 2.35. The Balaban J connectivity index is 1.37. The summed E-state index contributed by atoms with van der Waals surface area (Å²) in [6, 6.07) is 7.26. The van der Waals surface area contributed by atoms with Gasteiger partial charge in [-0.05, 0) is 37.5 Å². The van der Waals surface area contributed by atoms with Gasteiger partial charge in [0, 0.05) is 69.6 Å². The van der Waals surface area contributed by atoms with Crippen LogP contribution < -0.4 is 10.2 Å². The zero-order valence-electron chi connectivity index (χ0n) is 18.7. The van der Waals surface area contributed by atoms with Gasteiger partial charge in [-0.25, -0.2) is 0 Å². The smallest absolute Gasteiger partial charge is 0.369 e. The van der Waals surface area contributed by atoms with Gasteiger partial charge in [0.05, 0.1) is 5.56 Å². The zero-order valence-corrected chi connectivity index (χ0v) is 18.7. The van der Waals surface area contributed by atoms with Crippen molar-refractivity contribution in [3.05, 3.63) is 29.8 Å². The molecule has 0 spiro atoms. The number of benzene rings is 1. The van der Waals surface area contributed by atoms with E-state index in [0.717, 1.165) is 64.3 Å². The van der Waals surface area contributed by atoms with Crippen LogP contribution in [0.25, 0.3) is 0 Å². The standard InChI is InChI=1S/C24H37F3N4/c1-2-23(30-15-13-29(14-16-30)20-8-4-3-5-9-20)22-18-31(12-11-28-22)21-10-6-7-19(17-21)24(25,26)27/h6-7,10,17,20,22-23,28H,2-5,8-9,11-16,18H2,1H3. The Kier molecular flexibility index (Phi) is 7.44. The maximum atomic E-state index is 13.2. The molecule has 1 aliphatic carbocycles. The summed E-state index contributed by atoms with van der Waals surface area (Å²) in [6.07, 6.45) is 3.61. The predicted molar refractivity (Wildman–Crippen MR) is 120 cm³/mol. The Hall–Kier alpha value is -1.31. The number of rotatable bonds is 5. The number of anilines is 1. The monoisotopic (exact) mass is 438 g/mol. The zero-order chi connectivity index (χ0) is 21.8. The molecule has 1 aromatic rings. The number of hydrogen-bond acceptors (Lipinski definition) is 4. The van der Waals surface area contributed by atoms with Gasteiger partial charge in [0.2, 0.25) is 0 Å². The molecule has 4 nitrogen and oxygen atoms in total. The van der Waals surface area contributed by atoms with E-state index in [9.17, 15) is 13.2 Å². The van der Waals surface area contributed by atoms with Crippen LogP contribution in [0.2, 0.25) is 0 Å². The number of alkyl halides is 3. The quantitative estimate of drug-likeness (QED) is 0.743. The molecule has 0 bridgehead atoms. The SMILES string of the molecule is CCC(C1CN(c2cccc(C(F)(F)F)c2)CCN1)N1CCN(C2CCCCC2)CC1. The van der Waals surface area contributed by atoms with Crippen LogP contribution in [-0.4, -0.2) is 73.7 Å². The summed E-state index contributed by atoms with van der Waals surface area (Å²) < 4.78 is 39.5. The second-order valence-electron chi connectivity index (χ2n) is 9.39. The van der Waals surface area contributed by atoms with Crippen LogP contribution >= 0.6 is 0 Å². The van der Waals surface area contributed by atoms with E-state index < -0.39 is 11.7 Å². The normalized spacial score (nSPS) is 26.2. The molecule has 2 aliphatic heterocycles. The Bertz CT molecular complexity index is 696. The van der Waals surface area contributed by atoms with Crippen molar-refractivity contribution >= 4 is 5.69 Å². The van der Waals surface area contributed by atoms with E-state index >= 15 is 0 Å². The molecule has 1 saturated carbocycles. The predicted octanol–water partition coefficient (Wildman–Crippen LogP) is 4.21. The number of hydrogen-bond donors (Lipinski definition) is 1. The van der Waals surface area contributed by atoms with Crippen molar-refractivity contribution < 1.29 is 13.2 Å². The number of piperazine rings is 2. The van der Waals surface area contributed by atoms with Crippen LogP contribution in [0, 0.1) is 0 Å². The first kappa shape index (κ1) is 22.9. The minimum absolute atomic E-state index is 0.273. The first-order valence-corrected chi connectivity index (χ1v) is 12.1. The molecule has 2 unspecified atom stereocenters. The van der Waals surface area contributed by atoms with Crippen LogP contribution in [0.4, 0.5) is 18.9 Å². The topological polar surface area (TPSA) is 21.8 Å². The minimum atomic E-state index is -4.30. The van der Waals surface area contributed by atoms with Crippen LogP contribution in [0.15, 0.2) is 24.3 Å². The molecular weight excluding hydrogens is 401 g/mol. The largest absolute Gasteiger partial charge is 0.416 e. The van der Waals surface area contributed by atoms with Crippen molar-refractivity contribution in [2.45, 2.75) is 69.8 Å². The molecule has 0 aromatic heterocycles. The van der Waals surface area contributed by atoms with Crippen molar-refractivity contribution in [1.29, 1.82) is 0 Å². The van der Waals surface area contributed by atoms with Gasteiger partial charge < -0.3 is 10.2 Å². The third kappa shape index (κ3) is 5.55. The maximum Gasteiger partial charge on any atom is 0.416 e. The summed E-state index contributed by atoms with van der Waals surface area (Å²) in [5.74, 6) is 0. The highest BCUT2D eigenvalue weighted by Crippen LogP contribution is 2.32. The lowest BCUT2D eigenvalue weighted by Crippen LogP contribution is -2.63. The van der Waals surface area contributed by atoms with Gasteiger partial charge in [-0.3, -0.25) is 9.80 Å². The van der Waals surface area contributed by atoms with Gasteiger partial charge in [0.25, 0.3) is 0 Å². The van der Waals surface area contributed by atoms with Crippen LogP contribution in [-0.2, 0) is 6.18 Å². The van der Waals surface area contributed by atoms with Crippen molar-refractivity contribution in [3.8, 4) is 0 Å². The van der Waals surface area contributed by atoms with Gasteiger partial charge in [0.1, 0.15) is 0 Å². The van der Waals surface area contributed by atoms with E-state index in [1.807, 2.05) is 6.07 Å². The number of nitrogens with one attached hydrogen (secondary N) is 1. The van der Waals surface area contributed by atoms with E-state index in [2.05, 4.69) is 26.9 Å². The fourth-order valence-corrected chi connectivity index (χ4v) is 5.83. The molecule has 2 saturated heterocycles. The first-order chi connectivity index (χ1) is 15.0. The van der Waals surface area contributed by atoms with E-state index in [1.165, 1.54) is 44.2 Å². The fraction of sp³-hybridized carbons (Fsp3) is 0.750. The average Bonchev–Trinajstić information content (AvgIpc) is 2.80. The van der Waals surface area contributed by atoms with Crippen molar-refractivity contribution in [2.24, 2.45) is 0 Å². The second kappa shape index (κ2) is 10.1. The Morgan fingerprint density at radius 1 is 1.03 bits per heavy atom. The molecule has 1 aromatic carbocycles. The Morgan fingerprint density at radius 2 is 1.77 bits per heavy atom. The summed E-state index contributed by atoms with van der Waals surface area (Å²) in [7, 11) is 0. The molecule has 0 amide bonds. The van der Waals surface area contributed by atoms with Crippen LogP contribution in [0.1, 0.15) is 51.0 Å². The Labute approximate surface area is 184 Å². The highest BCUT2D eigenvalue weighted by molar-refractivity contribution is 5.50. The summed E-state index contributed by atoms with van der Waals surface area (Å²) in [5.41, 5.74) is 0.115. The number of halogens is 3. The lowest BCUT2D eigenvalue weighted by molar-refractivity contribution is -0.137. The van der Waals surface area contributed by atoms with Crippen LogP contribution in [0.3, 0.4) is 0 Å². The van der Waals surface area contributed by atoms with Gasteiger partial charge in [0.15, 0.2) is 0 Å². The van der Waals surface area contributed by atoms with E-state index in [1.54, 1.807) is 0 Å². The molecular formula is C24H37F3N4. The summed E-state index contributed by atoms with van der Waals surface area (Å²) in [4.78, 5) is 7.44. The second-order valence-corrected chi connectivity index (χ2v) is 9.39. The van der Waals surface area contributed by atoms with Gasteiger partial charge in [-0.15, -0.1) is 0 Å². The first-order valence-electron chi connectivity index (χ1n) is 12.1. The molecule has 3 aliphatic rings. The molecule has 3 fully saturated rings. The van der Waals surface area contributed by atoms with Gasteiger partial charge in [-0.1, -0.05) is 32.3 Å². The van der Waals surface area contributed by atoms with Gasteiger partial charge >= 0.3 is 6.18 Å². The maximum absolute atomic E-state index is 13.2. The molecule has 7 heteroatoms. The number of nitrogens with zero attached hydrogens (tertiary/aromatic N) is 3. The van der Waals surface area contributed by atoms with Crippen LogP contribution in [0.5, 0.6) is 0 Å². The lowest BCUT2D eigenvalue weighted by Gasteiger charge is -2.47. The molecule has 2 heterocycles. The molecule has 4 rings (SSSR count). The summed E-state index contributed by atoms with van der Waals surface area (Å²) in [5, 5.41) is 3.67. The van der Waals surface area contributed by atoms with E-state index in [-0.39, 0.29) is 6.04 Å². The summed E-state index contributed by atoms with van der Waals surface area (Å²) in [6.45, 7) is 9.01. The average molecular weight is 439 g/mol. The highest BCUT2D eigenvalue weighted by atomic mass is 19.4.